The lowest BCUT2D eigenvalue weighted by Gasteiger charge is -2.34. The molecule has 2 fully saturated rings. The number of hydrogen-bond donors (Lipinski definition) is 14. The van der Waals surface area contributed by atoms with Crippen LogP contribution in [0.15, 0.2) is 85.1 Å². The van der Waals surface area contributed by atoms with Gasteiger partial charge in [-0.15, -0.1) is 0 Å². The number of para-hydroxylation sites is 1. The average Bonchev–Trinajstić information content (AvgIpc) is 4.06. The van der Waals surface area contributed by atoms with Crippen LogP contribution in [0.1, 0.15) is 56.2 Å². The maximum atomic E-state index is 15.0. The molecule has 0 spiro atoms. The van der Waals surface area contributed by atoms with Gasteiger partial charge in [-0.05, 0) is 74.0 Å². The van der Waals surface area contributed by atoms with Gasteiger partial charge in [-0.3, -0.25) is 53.0 Å². The lowest BCUT2D eigenvalue weighted by Crippen LogP contribution is -2.61. The molecule has 27 heteroatoms. The molecule has 4 aromatic rings. The fourth-order valence-electron chi connectivity index (χ4n) is 9.65. The molecule has 0 radical (unpaired) electrons. The third-order valence-electron chi connectivity index (χ3n) is 14.5. The molecule has 0 aliphatic carbocycles. The highest BCUT2D eigenvalue weighted by molar-refractivity contribution is 8.76. The van der Waals surface area contributed by atoms with Gasteiger partial charge < -0.3 is 74.3 Å². The summed E-state index contributed by atoms with van der Waals surface area (Å²) in [5.41, 5.74) is 13.9. The van der Waals surface area contributed by atoms with Crippen molar-refractivity contribution in [2.75, 3.05) is 63.9 Å². The number of carbonyl (C=O) groups is 9. The first-order chi connectivity index (χ1) is 40.3. The van der Waals surface area contributed by atoms with Crippen molar-refractivity contribution >= 4 is 85.7 Å². The SMILES string of the molecule is CCC1NC(=O)C(CCCCN)NC(=O)[C@H](Cc2c[nH]c3ccccc23)NC(=O)[C@@H](Cc2ccc(O)cc2)NC(=O)C(NC(=O)[C@H](Cc2ccccc2)NC(=O)CN2CCN(CCO)CC2)CSSC[C@H](C(=O)N[C@H](C(N)=O)[C@H](C)O)NC1=O. The summed E-state index contributed by atoms with van der Waals surface area (Å²) in [5, 5.41) is 52.6. The highest BCUT2D eigenvalue weighted by atomic mass is 33.1. The molecule has 25 nitrogen and oxygen atoms in total. The first-order valence-corrected chi connectivity index (χ1v) is 30.6. The number of nitrogens with zero attached hydrogens (tertiary/aromatic N) is 2. The summed E-state index contributed by atoms with van der Waals surface area (Å²) >= 11 is 0. The molecule has 2 saturated heterocycles. The van der Waals surface area contributed by atoms with Crippen LogP contribution in [-0.4, -0.2) is 202 Å². The molecule has 456 valence electrons. The summed E-state index contributed by atoms with van der Waals surface area (Å²) in [6, 6.07) is 10.9. The van der Waals surface area contributed by atoms with Gasteiger partial charge >= 0.3 is 0 Å². The Morgan fingerprint density at radius 3 is 1.99 bits per heavy atom. The Bertz CT molecular complexity index is 2860. The number of phenolic OH excluding ortho intramolecular Hbond substituents is 1. The summed E-state index contributed by atoms with van der Waals surface area (Å²) < 4.78 is 0. The van der Waals surface area contributed by atoms with Gasteiger partial charge in [-0.1, -0.05) is 89.2 Å². The van der Waals surface area contributed by atoms with Gasteiger partial charge in [0.2, 0.25) is 53.2 Å². The number of benzene rings is 3. The molecule has 9 atom stereocenters. The van der Waals surface area contributed by atoms with Crippen LogP contribution in [0.4, 0.5) is 0 Å². The van der Waals surface area contributed by atoms with Crippen LogP contribution in [0.25, 0.3) is 10.9 Å². The van der Waals surface area contributed by atoms with Crippen molar-refractivity contribution < 1.29 is 58.5 Å². The number of fused-ring (bicyclic) bond motifs is 1. The van der Waals surface area contributed by atoms with Gasteiger partial charge in [0.15, 0.2) is 0 Å². The van der Waals surface area contributed by atoms with E-state index in [-0.39, 0.29) is 69.1 Å². The summed E-state index contributed by atoms with van der Waals surface area (Å²) in [5.74, 6) is -7.90. The minimum absolute atomic E-state index is 0.00114. The Balaban J connectivity index is 1.39. The van der Waals surface area contributed by atoms with Crippen LogP contribution >= 0.6 is 21.6 Å². The smallest absolute Gasteiger partial charge is 0.244 e. The van der Waals surface area contributed by atoms with Crippen LogP contribution in [-0.2, 0) is 62.4 Å². The molecular weight excluding hydrogens is 1120 g/mol. The van der Waals surface area contributed by atoms with Crippen molar-refractivity contribution in [3.63, 3.8) is 0 Å². The number of H-pyrrole nitrogens is 1. The average molecular weight is 1200 g/mol. The largest absolute Gasteiger partial charge is 0.508 e. The molecule has 2 aliphatic heterocycles. The summed E-state index contributed by atoms with van der Waals surface area (Å²) in [6.45, 7) is 5.90. The van der Waals surface area contributed by atoms with E-state index in [1.54, 1.807) is 55.6 Å². The molecule has 0 saturated carbocycles. The van der Waals surface area contributed by atoms with E-state index in [9.17, 15) is 48.9 Å². The molecule has 84 heavy (non-hydrogen) atoms. The van der Waals surface area contributed by atoms with Crippen molar-refractivity contribution in [2.24, 2.45) is 11.5 Å². The molecule has 16 N–H and O–H groups in total. The quantitative estimate of drug-likeness (QED) is 0.0305. The fourth-order valence-corrected chi connectivity index (χ4v) is 12.0. The second kappa shape index (κ2) is 33.3. The minimum atomic E-state index is -1.58. The van der Waals surface area contributed by atoms with E-state index in [4.69, 9.17) is 11.5 Å². The number of carbonyl (C=O) groups excluding carboxylic acids is 9. The number of aliphatic hydroxyl groups is 2. The number of aromatic hydroxyl groups is 1. The molecule has 3 unspecified atom stereocenters. The molecule has 3 aromatic carbocycles. The Morgan fingerprint density at radius 2 is 1.32 bits per heavy atom. The van der Waals surface area contributed by atoms with Gasteiger partial charge in [0.25, 0.3) is 0 Å². The maximum Gasteiger partial charge on any atom is 0.244 e. The van der Waals surface area contributed by atoms with E-state index in [0.717, 1.165) is 32.5 Å². The standard InChI is InChI=1S/C57H79N13O12S2/c1-3-40-51(76)66-47(57(82)68-49(34(2)72)50(59)75)33-84-83-32-46(67-53(78)43(27-35-11-5-4-6-12-35)61-48(74)31-70-23-21-69(22-24-70)25-26-71)56(81)64-44(28-36-16-18-38(73)19-17-36)54(79)65-45(29-37-30-60-41-14-8-7-13-39(37)41)55(80)63-42(52(77)62-40)15-9-10-20-58/h4-8,11-14,16-19,30,34,40,42-47,49,60,71-73H,3,9-10,15,20-29,31-33,58H2,1-2H3,(H2,59,75)(H,61,74)(H,62,77)(H,63,80)(H,64,81)(H,65,79)(H,66,76)(H,67,78)(H,68,82)/t34-,40?,42?,43-,44+,45-,46?,47+,49-/m0/s1. The second-order valence-corrected chi connectivity index (χ2v) is 23.4. The van der Waals surface area contributed by atoms with Crippen LogP contribution in [0.5, 0.6) is 5.75 Å². The Kier molecular flexibility index (Phi) is 26.1. The number of piperazine rings is 1. The second-order valence-electron chi connectivity index (χ2n) is 20.8. The van der Waals surface area contributed by atoms with Crippen LogP contribution < -0.4 is 54.0 Å². The number of rotatable bonds is 22. The lowest BCUT2D eigenvalue weighted by atomic mass is 10.0. The molecule has 2 aliphatic rings. The van der Waals surface area contributed by atoms with Gasteiger partial charge in [-0.2, -0.15) is 0 Å². The predicted octanol–water partition coefficient (Wildman–Crippen LogP) is -1.81. The van der Waals surface area contributed by atoms with Gasteiger partial charge in [0, 0.05) is 80.6 Å². The van der Waals surface area contributed by atoms with Gasteiger partial charge in [0.1, 0.15) is 54.1 Å². The number of primary amides is 1. The third-order valence-corrected chi connectivity index (χ3v) is 16.9. The zero-order chi connectivity index (χ0) is 60.7. The van der Waals surface area contributed by atoms with Crippen molar-refractivity contribution in [1.29, 1.82) is 0 Å². The number of unbranched alkanes of at least 4 members (excludes halogenated alkanes) is 1. The number of hydrogen-bond acceptors (Lipinski definition) is 17. The third kappa shape index (κ3) is 20.2. The number of nitrogens with two attached hydrogens (primary N) is 2. The monoisotopic (exact) mass is 1200 g/mol. The topological polar surface area (TPSA) is 385 Å². The molecule has 6 rings (SSSR count). The van der Waals surface area contributed by atoms with E-state index in [1.807, 2.05) is 29.2 Å². The summed E-state index contributed by atoms with van der Waals surface area (Å²) in [4.78, 5) is 136. The Hall–Kier alpha value is -7.27. The number of aromatic amines is 1. The first kappa shape index (κ1) is 65.9. The zero-order valence-electron chi connectivity index (χ0n) is 47.2. The maximum absolute atomic E-state index is 15.0. The first-order valence-electron chi connectivity index (χ1n) is 28.1. The molecule has 0 bridgehead atoms. The molecule has 9 amide bonds. The highest BCUT2D eigenvalue weighted by Crippen LogP contribution is 2.25. The summed E-state index contributed by atoms with van der Waals surface area (Å²) in [6.07, 6.45) is 0.824. The van der Waals surface area contributed by atoms with Crippen LogP contribution in [0, 0.1) is 0 Å². The van der Waals surface area contributed by atoms with E-state index in [0.29, 0.717) is 62.3 Å². The van der Waals surface area contributed by atoms with Crippen molar-refractivity contribution in [3.8, 4) is 5.75 Å². The van der Waals surface area contributed by atoms with E-state index in [2.05, 4.69) is 52.4 Å². The van der Waals surface area contributed by atoms with E-state index < -0.39 is 108 Å². The number of amides is 9. The number of aliphatic hydroxyl groups excluding tert-OH is 2. The zero-order valence-corrected chi connectivity index (χ0v) is 48.8. The Morgan fingerprint density at radius 1 is 0.714 bits per heavy atom. The highest BCUT2D eigenvalue weighted by Gasteiger charge is 2.36. The molecule has 3 heterocycles. The van der Waals surface area contributed by atoms with Crippen LogP contribution in [0.2, 0.25) is 0 Å². The predicted molar refractivity (Wildman–Crippen MR) is 318 cm³/mol. The lowest BCUT2D eigenvalue weighted by molar-refractivity contribution is -0.136. The van der Waals surface area contributed by atoms with Gasteiger partial charge in [0.05, 0.1) is 19.3 Å². The van der Waals surface area contributed by atoms with E-state index in [1.165, 1.54) is 19.1 Å². The number of β-amino-alcohol motifs (C(OH)–C–C–N with tert-alkyl or cyclic N) is 1. The van der Waals surface area contributed by atoms with Crippen molar-refractivity contribution in [3.05, 3.63) is 102 Å². The van der Waals surface area contributed by atoms with E-state index >= 15 is 9.59 Å². The van der Waals surface area contributed by atoms with Crippen LogP contribution in [0.3, 0.4) is 0 Å². The number of nitrogens with one attached hydrogen (secondary N) is 9. The Labute approximate surface area is 495 Å². The molecular formula is C57H79N13O12S2. The van der Waals surface area contributed by atoms with Crippen molar-refractivity contribution in [1.82, 2.24) is 57.3 Å². The summed E-state index contributed by atoms with van der Waals surface area (Å²) in [7, 11) is 1.97. The minimum Gasteiger partial charge on any atom is -0.508 e. The van der Waals surface area contributed by atoms with Crippen molar-refractivity contribution in [2.45, 2.75) is 113 Å². The fraction of sp³-hybridized carbons (Fsp3) is 0.491. The normalized spacial score (nSPS) is 22.2. The number of aromatic nitrogens is 1. The number of phenols is 1. The molecule has 1 aromatic heterocycles. The van der Waals surface area contributed by atoms with Gasteiger partial charge in [-0.25, -0.2) is 0 Å².